The second kappa shape index (κ2) is 66.8. The summed E-state index contributed by atoms with van der Waals surface area (Å²) in [5, 5.41) is 0. The third kappa shape index (κ3) is 65.0. The van der Waals surface area contributed by atoms with Crippen LogP contribution in [0.4, 0.5) is 0 Å². The fourth-order valence-electron chi connectivity index (χ4n) is 9.50. The molecule has 0 aliphatic heterocycles. The molecular formula is C73H126O6. The molecule has 0 fully saturated rings. The van der Waals surface area contributed by atoms with Gasteiger partial charge in [-0.25, -0.2) is 0 Å². The molecule has 1 atom stereocenters. The van der Waals surface area contributed by atoms with Gasteiger partial charge in [-0.2, -0.15) is 0 Å². The van der Waals surface area contributed by atoms with Crippen LogP contribution in [0, 0.1) is 0 Å². The summed E-state index contributed by atoms with van der Waals surface area (Å²) in [7, 11) is 0. The summed E-state index contributed by atoms with van der Waals surface area (Å²) in [6.45, 7) is 6.53. The van der Waals surface area contributed by atoms with Gasteiger partial charge in [0.25, 0.3) is 0 Å². The van der Waals surface area contributed by atoms with Crippen LogP contribution in [-0.2, 0) is 28.6 Å². The number of hydrogen-bond acceptors (Lipinski definition) is 6. The van der Waals surface area contributed by atoms with Crippen LogP contribution in [0.25, 0.3) is 0 Å². The lowest BCUT2D eigenvalue weighted by atomic mass is 10.1. The minimum atomic E-state index is -0.793. The second-order valence-corrected chi connectivity index (χ2v) is 22.3. The summed E-state index contributed by atoms with van der Waals surface area (Å²) < 4.78 is 17.0. The van der Waals surface area contributed by atoms with E-state index in [0.717, 1.165) is 109 Å². The number of rotatable bonds is 61. The van der Waals surface area contributed by atoms with Gasteiger partial charge < -0.3 is 14.2 Å². The average molecular weight is 1100 g/mol. The normalized spacial score (nSPS) is 12.7. The van der Waals surface area contributed by atoms with Crippen molar-refractivity contribution in [1.82, 2.24) is 0 Å². The second-order valence-electron chi connectivity index (χ2n) is 22.3. The van der Waals surface area contributed by atoms with Gasteiger partial charge in [0.05, 0.1) is 0 Å². The van der Waals surface area contributed by atoms with Crippen LogP contribution in [0.5, 0.6) is 0 Å². The molecule has 0 aromatic rings. The Morgan fingerprint density at radius 1 is 0.266 bits per heavy atom. The molecule has 0 rings (SSSR count). The minimum absolute atomic E-state index is 0.0865. The highest BCUT2D eigenvalue weighted by atomic mass is 16.6. The van der Waals surface area contributed by atoms with Crippen LogP contribution in [0.2, 0.25) is 0 Å². The van der Waals surface area contributed by atoms with E-state index >= 15 is 0 Å². The van der Waals surface area contributed by atoms with Crippen LogP contribution in [0.15, 0.2) is 97.2 Å². The van der Waals surface area contributed by atoms with Crippen molar-refractivity contribution in [2.24, 2.45) is 0 Å². The minimum Gasteiger partial charge on any atom is -0.462 e. The Kier molecular flexibility index (Phi) is 63.7. The molecule has 0 aliphatic rings. The van der Waals surface area contributed by atoms with Crippen LogP contribution in [0.3, 0.4) is 0 Å². The number of ether oxygens (including phenoxy) is 3. The molecule has 1 unspecified atom stereocenters. The number of carbonyl (C=O) groups is 3. The summed E-state index contributed by atoms with van der Waals surface area (Å²) in [6.07, 6.45) is 89.8. The van der Waals surface area contributed by atoms with Crippen molar-refractivity contribution in [3.05, 3.63) is 97.2 Å². The molecule has 454 valence electrons. The quantitative estimate of drug-likeness (QED) is 0.0261. The van der Waals surface area contributed by atoms with E-state index in [9.17, 15) is 14.4 Å². The molecule has 0 aliphatic carbocycles. The maximum Gasteiger partial charge on any atom is 0.306 e. The molecule has 0 radical (unpaired) electrons. The molecule has 79 heavy (non-hydrogen) atoms. The van der Waals surface area contributed by atoms with E-state index in [0.29, 0.717) is 19.3 Å². The average Bonchev–Trinajstić information content (AvgIpc) is 3.45. The van der Waals surface area contributed by atoms with Gasteiger partial charge in [-0.1, -0.05) is 285 Å². The molecule has 0 saturated heterocycles. The van der Waals surface area contributed by atoms with Crippen molar-refractivity contribution < 1.29 is 28.6 Å². The van der Waals surface area contributed by atoms with Crippen molar-refractivity contribution in [2.45, 2.75) is 335 Å². The largest absolute Gasteiger partial charge is 0.462 e. The Morgan fingerprint density at radius 3 is 0.785 bits per heavy atom. The molecule has 0 aromatic heterocycles. The Balaban J connectivity index is 4.43. The lowest BCUT2D eigenvalue weighted by Gasteiger charge is -2.18. The SMILES string of the molecule is CC/C=C\C/C=C\C/C=C\C/C=C\C/C=C\C/C=C\CCCCCCC(=O)OCC(COC(=O)CCCCCCCCCCC/C=C\CCCCCCCC)OC(=O)CCCCCCCCCCC/C=C\CCCCCCCC. The van der Waals surface area contributed by atoms with Crippen LogP contribution in [0.1, 0.15) is 329 Å². The van der Waals surface area contributed by atoms with Gasteiger partial charge in [-0.15, -0.1) is 0 Å². The van der Waals surface area contributed by atoms with Gasteiger partial charge in [0.15, 0.2) is 6.10 Å². The van der Waals surface area contributed by atoms with E-state index in [2.05, 4.69) is 118 Å². The van der Waals surface area contributed by atoms with Crippen molar-refractivity contribution in [1.29, 1.82) is 0 Å². The van der Waals surface area contributed by atoms with Gasteiger partial charge in [0.1, 0.15) is 13.2 Å². The van der Waals surface area contributed by atoms with Crippen LogP contribution < -0.4 is 0 Å². The molecule has 6 nitrogen and oxygen atoms in total. The van der Waals surface area contributed by atoms with E-state index in [1.54, 1.807) is 0 Å². The molecule has 0 spiro atoms. The standard InChI is InChI=1S/C73H126O6/c1-4-7-10-13-16-19-22-25-28-31-34-35-36-37-40-42-45-48-51-54-57-60-63-66-72(75)78-69-70(79-73(76)67-64-61-58-55-52-49-46-43-39-33-30-27-24-21-18-15-12-9-6-3)68-77-71(74)65-62-59-56-53-50-47-44-41-38-32-29-26-23-20-17-14-11-8-5-2/h7,10,16,19,25-30,34-35,37,40,45,48,70H,4-6,8-9,11-15,17-18,20-24,31-33,36,38-39,41-44,46-47,49-69H2,1-3H3/b10-7-,19-16-,28-25-,29-26-,30-27-,35-34-,40-37-,48-45-. The summed E-state index contributed by atoms with van der Waals surface area (Å²) in [4.78, 5) is 38.4. The number of hydrogen-bond donors (Lipinski definition) is 0. The van der Waals surface area contributed by atoms with E-state index in [4.69, 9.17) is 14.2 Å². The van der Waals surface area contributed by atoms with Gasteiger partial charge in [0, 0.05) is 19.3 Å². The molecule has 0 bridgehead atoms. The molecule has 0 N–H and O–H groups in total. The van der Waals surface area contributed by atoms with Gasteiger partial charge in [0.2, 0.25) is 0 Å². The zero-order valence-corrected chi connectivity index (χ0v) is 52.1. The summed E-state index contributed by atoms with van der Waals surface area (Å²) in [6, 6.07) is 0. The van der Waals surface area contributed by atoms with Gasteiger partial charge >= 0.3 is 17.9 Å². The molecular weight excluding hydrogens is 973 g/mol. The Labute approximate surface area is 489 Å². The van der Waals surface area contributed by atoms with Crippen molar-refractivity contribution in [3.8, 4) is 0 Å². The topological polar surface area (TPSA) is 78.9 Å². The smallest absolute Gasteiger partial charge is 0.306 e. The number of carbonyl (C=O) groups excluding carboxylic acids is 3. The first kappa shape index (κ1) is 75.3. The predicted molar refractivity (Wildman–Crippen MR) is 344 cm³/mol. The van der Waals surface area contributed by atoms with Gasteiger partial charge in [-0.3, -0.25) is 14.4 Å². The maximum absolute atomic E-state index is 12.9. The van der Waals surface area contributed by atoms with Crippen LogP contribution >= 0.6 is 0 Å². The van der Waals surface area contributed by atoms with Crippen molar-refractivity contribution in [3.63, 3.8) is 0 Å². The lowest BCUT2D eigenvalue weighted by Crippen LogP contribution is -2.30. The fourth-order valence-corrected chi connectivity index (χ4v) is 9.50. The summed E-state index contributed by atoms with van der Waals surface area (Å²) in [5.74, 6) is -0.903. The Bertz CT molecular complexity index is 1540. The number of esters is 3. The Morgan fingerprint density at radius 2 is 0.494 bits per heavy atom. The number of allylic oxidation sites excluding steroid dienone is 16. The van der Waals surface area contributed by atoms with Gasteiger partial charge in [-0.05, 0) is 122 Å². The third-order valence-electron chi connectivity index (χ3n) is 14.5. The van der Waals surface area contributed by atoms with Crippen molar-refractivity contribution >= 4 is 17.9 Å². The molecule has 0 heterocycles. The molecule has 6 heteroatoms. The first-order valence-electron chi connectivity index (χ1n) is 33.7. The van der Waals surface area contributed by atoms with E-state index in [1.165, 1.54) is 180 Å². The maximum atomic E-state index is 12.9. The summed E-state index contributed by atoms with van der Waals surface area (Å²) in [5.41, 5.74) is 0. The van der Waals surface area contributed by atoms with E-state index in [1.807, 2.05) is 0 Å². The zero-order valence-electron chi connectivity index (χ0n) is 52.1. The number of unbranched alkanes of at least 4 members (excludes halogenated alkanes) is 34. The van der Waals surface area contributed by atoms with E-state index in [-0.39, 0.29) is 31.1 Å². The van der Waals surface area contributed by atoms with Crippen LogP contribution in [-0.4, -0.2) is 37.2 Å². The monoisotopic (exact) mass is 1100 g/mol. The highest BCUT2D eigenvalue weighted by Crippen LogP contribution is 2.16. The Hall–Kier alpha value is -3.67. The molecule has 0 aromatic carbocycles. The fraction of sp³-hybridized carbons (Fsp3) is 0.740. The molecule has 0 saturated carbocycles. The first-order valence-corrected chi connectivity index (χ1v) is 33.7. The lowest BCUT2D eigenvalue weighted by molar-refractivity contribution is -0.167. The third-order valence-corrected chi connectivity index (χ3v) is 14.5. The zero-order chi connectivity index (χ0) is 57.1. The highest BCUT2D eigenvalue weighted by molar-refractivity contribution is 5.71. The first-order chi connectivity index (χ1) is 39.0. The van der Waals surface area contributed by atoms with Crippen molar-refractivity contribution in [2.75, 3.05) is 13.2 Å². The molecule has 0 amide bonds. The highest BCUT2D eigenvalue weighted by Gasteiger charge is 2.19. The van der Waals surface area contributed by atoms with E-state index < -0.39 is 6.10 Å². The predicted octanol–water partition coefficient (Wildman–Crippen LogP) is 23.2. The summed E-state index contributed by atoms with van der Waals surface area (Å²) >= 11 is 0.